The number of amides is 1. The first kappa shape index (κ1) is 19.3. The number of benzene rings is 2. The third-order valence-corrected chi connectivity index (χ3v) is 4.68. The quantitative estimate of drug-likeness (QED) is 0.583. The van der Waals surface area contributed by atoms with Gasteiger partial charge in [0, 0.05) is 23.6 Å². The maximum absolute atomic E-state index is 12.6. The number of nitro groups is 1. The molecule has 2 aromatic rings. The summed E-state index contributed by atoms with van der Waals surface area (Å²) in [5.74, 6) is -1.29. The lowest BCUT2D eigenvalue weighted by molar-refractivity contribution is -0.385. The van der Waals surface area contributed by atoms with Crippen LogP contribution in [0.25, 0.3) is 0 Å². The van der Waals surface area contributed by atoms with Crippen molar-refractivity contribution in [1.29, 1.82) is 0 Å². The summed E-state index contributed by atoms with van der Waals surface area (Å²) in [6, 6.07) is 7.87. The highest BCUT2D eigenvalue weighted by Crippen LogP contribution is 2.30. The largest absolute Gasteiger partial charge is 0.493 e. The Bertz CT molecular complexity index is 954. The minimum Gasteiger partial charge on any atom is -0.493 e. The number of carboxylic acid groups (broad SMARTS) is 1. The van der Waals surface area contributed by atoms with E-state index in [0.717, 1.165) is 5.56 Å². The zero-order valence-electron chi connectivity index (χ0n) is 15.5. The van der Waals surface area contributed by atoms with Gasteiger partial charge in [0.05, 0.1) is 11.5 Å². The van der Waals surface area contributed by atoms with E-state index in [1.807, 2.05) is 13.8 Å². The number of nitrogens with one attached hydrogen (secondary N) is 1. The van der Waals surface area contributed by atoms with E-state index in [0.29, 0.717) is 29.9 Å². The monoisotopic (exact) mass is 384 g/mol. The van der Waals surface area contributed by atoms with Gasteiger partial charge in [-0.15, -0.1) is 0 Å². The summed E-state index contributed by atoms with van der Waals surface area (Å²) >= 11 is 0. The summed E-state index contributed by atoms with van der Waals surface area (Å²) in [6.45, 7) is 4.18. The number of aliphatic carboxylic acids is 1. The second kappa shape index (κ2) is 7.67. The van der Waals surface area contributed by atoms with Crippen LogP contribution in [0.1, 0.15) is 52.9 Å². The number of carbonyl (C=O) groups excluding carboxylic acids is 1. The summed E-state index contributed by atoms with van der Waals surface area (Å²) in [4.78, 5) is 35.1. The van der Waals surface area contributed by atoms with Gasteiger partial charge in [0.15, 0.2) is 6.04 Å². The number of nitrogens with zero attached hydrogens (tertiary/aromatic N) is 1. The van der Waals surface area contributed by atoms with E-state index in [4.69, 9.17) is 4.74 Å². The Hall–Kier alpha value is -3.42. The highest BCUT2D eigenvalue weighted by molar-refractivity contribution is 5.97. The van der Waals surface area contributed by atoms with Crippen molar-refractivity contribution in [2.24, 2.45) is 0 Å². The topological polar surface area (TPSA) is 119 Å². The number of ether oxygens (including phenoxy) is 1. The zero-order valence-corrected chi connectivity index (χ0v) is 15.5. The highest BCUT2D eigenvalue weighted by atomic mass is 16.6. The van der Waals surface area contributed by atoms with Gasteiger partial charge in [-0.2, -0.15) is 0 Å². The second-order valence-electron chi connectivity index (χ2n) is 6.90. The van der Waals surface area contributed by atoms with Gasteiger partial charge in [0.2, 0.25) is 0 Å². The van der Waals surface area contributed by atoms with Crippen LogP contribution in [0.3, 0.4) is 0 Å². The normalized spacial score (nSPS) is 13.5. The molecule has 0 aliphatic carbocycles. The number of fused-ring (bicyclic) bond motifs is 1. The summed E-state index contributed by atoms with van der Waals surface area (Å²) in [6.07, 6.45) is 0.673. The van der Waals surface area contributed by atoms with Gasteiger partial charge in [-0.1, -0.05) is 26.0 Å². The molecule has 146 valence electrons. The fraction of sp³-hybridized carbons (Fsp3) is 0.300. The van der Waals surface area contributed by atoms with Crippen LogP contribution in [0.4, 0.5) is 5.69 Å². The highest BCUT2D eigenvalue weighted by Gasteiger charge is 2.26. The molecule has 2 aromatic carbocycles. The summed E-state index contributed by atoms with van der Waals surface area (Å²) in [7, 11) is 0. The van der Waals surface area contributed by atoms with Crippen molar-refractivity contribution >= 4 is 17.6 Å². The molecule has 1 amide bonds. The van der Waals surface area contributed by atoms with Crippen LogP contribution in [0.5, 0.6) is 5.75 Å². The minimum atomic E-state index is -1.28. The van der Waals surface area contributed by atoms with Crippen LogP contribution in [0.2, 0.25) is 0 Å². The fourth-order valence-corrected chi connectivity index (χ4v) is 3.22. The van der Waals surface area contributed by atoms with Gasteiger partial charge in [0.1, 0.15) is 5.75 Å². The van der Waals surface area contributed by atoms with E-state index in [1.165, 1.54) is 18.2 Å². The van der Waals surface area contributed by atoms with Crippen molar-refractivity contribution in [2.45, 2.75) is 32.2 Å². The van der Waals surface area contributed by atoms with Crippen molar-refractivity contribution in [3.8, 4) is 5.75 Å². The Morgan fingerprint density at radius 3 is 2.61 bits per heavy atom. The first-order valence-electron chi connectivity index (χ1n) is 8.85. The molecule has 0 radical (unpaired) electrons. The van der Waals surface area contributed by atoms with E-state index < -0.39 is 22.8 Å². The molecule has 1 aliphatic heterocycles. The maximum Gasteiger partial charge on any atom is 0.330 e. The Morgan fingerprint density at radius 2 is 1.96 bits per heavy atom. The van der Waals surface area contributed by atoms with Crippen molar-refractivity contribution in [3.05, 3.63) is 68.8 Å². The number of hydrogen-bond acceptors (Lipinski definition) is 5. The molecular formula is C20H20N2O6. The minimum absolute atomic E-state index is 0.0341. The van der Waals surface area contributed by atoms with Crippen LogP contribution >= 0.6 is 0 Å². The van der Waals surface area contributed by atoms with E-state index in [-0.39, 0.29) is 17.2 Å². The molecule has 1 heterocycles. The van der Waals surface area contributed by atoms with E-state index in [1.54, 1.807) is 18.2 Å². The Kier molecular flexibility index (Phi) is 5.30. The molecule has 1 unspecified atom stereocenters. The number of nitro benzene ring substituents is 1. The molecule has 0 saturated carbocycles. The van der Waals surface area contributed by atoms with Crippen molar-refractivity contribution < 1.29 is 24.4 Å². The molecule has 0 spiro atoms. The Balaban J connectivity index is 1.88. The Labute approximate surface area is 161 Å². The first-order valence-corrected chi connectivity index (χ1v) is 8.85. The van der Waals surface area contributed by atoms with Gasteiger partial charge in [-0.25, -0.2) is 4.79 Å². The number of carbonyl (C=O) groups is 2. The molecule has 1 atom stereocenters. The predicted molar refractivity (Wildman–Crippen MR) is 101 cm³/mol. The van der Waals surface area contributed by atoms with Crippen LogP contribution in [-0.2, 0) is 11.2 Å². The Morgan fingerprint density at radius 1 is 1.21 bits per heavy atom. The molecule has 8 heteroatoms. The number of hydrogen-bond donors (Lipinski definition) is 2. The summed E-state index contributed by atoms with van der Waals surface area (Å²) in [5.41, 5.74) is 1.68. The maximum atomic E-state index is 12.6. The van der Waals surface area contributed by atoms with Crippen LogP contribution in [-0.4, -0.2) is 28.5 Å². The van der Waals surface area contributed by atoms with Crippen LogP contribution < -0.4 is 10.1 Å². The third kappa shape index (κ3) is 3.80. The smallest absolute Gasteiger partial charge is 0.330 e. The standard InChI is InChI=1S/C20H20N2O6/c1-11(2)15-5-3-14(10-16(15)22(26)27)19(23)21-18(20(24)25)13-4-6-17-12(9-13)7-8-28-17/h3-6,9-11,18H,7-8H2,1-2H3,(H,21,23)(H,24,25). The SMILES string of the molecule is CC(C)c1ccc(C(=O)NC(C(=O)O)c2ccc3c(c2)CCO3)cc1[N+](=O)[O-]. The van der Waals surface area contributed by atoms with Crippen molar-refractivity contribution in [2.75, 3.05) is 6.61 Å². The molecule has 8 nitrogen and oxygen atoms in total. The zero-order chi connectivity index (χ0) is 20.4. The number of rotatable bonds is 6. The lowest BCUT2D eigenvalue weighted by Gasteiger charge is -2.16. The lowest BCUT2D eigenvalue weighted by Crippen LogP contribution is -2.33. The molecule has 0 aromatic heterocycles. The summed E-state index contributed by atoms with van der Waals surface area (Å²) in [5, 5.41) is 23.4. The van der Waals surface area contributed by atoms with E-state index >= 15 is 0 Å². The van der Waals surface area contributed by atoms with Crippen molar-refractivity contribution in [3.63, 3.8) is 0 Å². The van der Waals surface area contributed by atoms with E-state index in [9.17, 15) is 24.8 Å². The predicted octanol–water partition coefficient (Wildman–Crippen LogP) is 3.21. The fourth-order valence-electron chi connectivity index (χ4n) is 3.22. The summed E-state index contributed by atoms with van der Waals surface area (Å²) < 4.78 is 5.41. The van der Waals surface area contributed by atoms with Gasteiger partial charge in [-0.05, 0) is 35.2 Å². The molecule has 0 fully saturated rings. The van der Waals surface area contributed by atoms with Gasteiger partial charge >= 0.3 is 5.97 Å². The second-order valence-corrected chi connectivity index (χ2v) is 6.90. The average molecular weight is 384 g/mol. The molecule has 3 rings (SSSR count). The molecule has 2 N–H and O–H groups in total. The van der Waals surface area contributed by atoms with Crippen LogP contribution in [0, 0.1) is 10.1 Å². The molecule has 1 aliphatic rings. The molecule has 28 heavy (non-hydrogen) atoms. The van der Waals surface area contributed by atoms with Crippen molar-refractivity contribution in [1.82, 2.24) is 5.32 Å². The van der Waals surface area contributed by atoms with Gasteiger partial charge in [0.25, 0.3) is 11.6 Å². The third-order valence-electron chi connectivity index (χ3n) is 4.68. The van der Waals surface area contributed by atoms with Gasteiger partial charge in [-0.3, -0.25) is 14.9 Å². The lowest BCUT2D eigenvalue weighted by atomic mass is 9.98. The average Bonchev–Trinajstić information content (AvgIpc) is 3.12. The molecular weight excluding hydrogens is 364 g/mol. The van der Waals surface area contributed by atoms with Crippen LogP contribution in [0.15, 0.2) is 36.4 Å². The number of carboxylic acids is 1. The molecule has 0 bridgehead atoms. The first-order chi connectivity index (χ1) is 13.3. The van der Waals surface area contributed by atoms with Gasteiger partial charge < -0.3 is 15.2 Å². The molecule has 0 saturated heterocycles. The van der Waals surface area contributed by atoms with E-state index in [2.05, 4.69) is 5.32 Å².